The second-order valence-electron chi connectivity index (χ2n) is 7.81. The summed E-state index contributed by atoms with van der Waals surface area (Å²) in [6.07, 6.45) is 0.788. The lowest BCUT2D eigenvalue weighted by Crippen LogP contribution is -2.48. The second-order valence-corrected chi connectivity index (χ2v) is 9.65. The van der Waals surface area contributed by atoms with Crippen LogP contribution in [0.1, 0.15) is 35.9 Å². The van der Waals surface area contributed by atoms with Crippen molar-refractivity contribution in [2.75, 3.05) is 33.4 Å². The number of benzene rings is 1. The molecule has 0 spiro atoms. The first-order valence-electron chi connectivity index (χ1n) is 9.89. The van der Waals surface area contributed by atoms with Crippen molar-refractivity contribution in [3.05, 3.63) is 55.7 Å². The van der Waals surface area contributed by atoms with Gasteiger partial charge in [-0.05, 0) is 47.0 Å². The normalized spacial score (nSPS) is 15.9. The quantitative estimate of drug-likeness (QED) is 0.593. The number of carbonyl (C=O) groups excluding carboxylic acids is 2. The zero-order valence-corrected chi connectivity index (χ0v) is 19.7. The highest BCUT2D eigenvalue weighted by Crippen LogP contribution is 2.41. The van der Waals surface area contributed by atoms with E-state index in [-0.39, 0.29) is 36.9 Å². The van der Waals surface area contributed by atoms with Gasteiger partial charge in [0.2, 0.25) is 11.8 Å². The summed E-state index contributed by atoms with van der Waals surface area (Å²) in [5, 5.41) is 3.12. The lowest BCUT2D eigenvalue weighted by atomic mass is 9.93. The average Bonchev–Trinajstić information content (AvgIpc) is 3.15. The Bertz CT molecular complexity index is 916. The van der Waals surface area contributed by atoms with Gasteiger partial charge in [-0.15, -0.1) is 11.3 Å². The van der Waals surface area contributed by atoms with E-state index < -0.39 is 0 Å². The molecule has 0 saturated heterocycles. The van der Waals surface area contributed by atoms with Gasteiger partial charge in [0.25, 0.3) is 0 Å². The van der Waals surface area contributed by atoms with Gasteiger partial charge in [-0.1, -0.05) is 43.1 Å². The molecule has 0 radical (unpaired) electrons. The SMILES string of the molecule is COCC(=O)N(CC(=O)N1CCc2sccc2C1c1ccc(Cl)cc1Cl)CC(C)C. The summed E-state index contributed by atoms with van der Waals surface area (Å²) in [6, 6.07) is 7.13. The van der Waals surface area contributed by atoms with Crippen molar-refractivity contribution in [3.63, 3.8) is 0 Å². The molecule has 1 atom stereocenters. The van der Waals surface area contributed by atoms with E-state index in [1.807, 2.05) is 30.2 Å². The monoisotopic (exact) mass is 468 g/mol. The van der Waals surface area contributed by atoms with Crippen LogP contribution in [0.5, 0.6) is 0 Å². The van der Waals surface area contributed by atoms with Crippen molar-refractivity contribution in [3.8, 4) is 0 Å². The summed E-state index contributed by atoms with van der Waals surface area (Å²) >= 11 is 14.3. The standard InChI is InChI=1S/C22H26Cl2N2O3S/c1-14(2)11-25(21(28)13-29-3)12-20(27)26-8-6-19-17(7-9-30-19)22(26)16-5-4-15(23)10-18(16)24/h4-5,7,9-10,14,22H,6,8,11-13H2,1-3H3. The highest BCUT2D eigenvalue weighted by molar-refractivity contribution is 7.10. The molecule has 2 amide bonds. The molecule has 1 aromatic carbocycles. The largest absolute Gasteiger partial charge is 0.375 e. The number of nitrogens with zero attached hydrogens (tertiary/aromatic N) is 2. The van der Waals surface area contributed by atoms with Crippen LogP contribution in [0.3, 0.4) is 0 Å². The van der Waals surface area contributed by atoms with E-state index in [1.165, 1.54) is 12.0 Å². The maximum absolute atomic E-state index is 13.4. The van der Waals surface area contributed by atoms with Crippen molar-refractivity contribution >= 4 is 46.4 Å². The highest BCUT2D eigenvalue weighted by atomic mass is 35.5. The van der Waals surface area contributed by atoms with Crippen molar-refractivity contribution < 1.29 is 14.3 Å². The molecule has 5 nitrogen and oxygen atoms in total. The van der Waals surface area contributed by atoms with Crippen molar-refractivity contribution in [2.24, 2.45) is 5.92 Å². The predicted octanol–water partition coefficient (Wildman–Crippen LogP) is 4.66. The number of fused-ring (bicyclic) bond motifs is 1. The summed E-state index contributed by atoms with van der Waals surface area (Å²) in [5.74, 6) is -0.0493. The van der Waals surface area contributed by atoms with Crippen molar-refractivity contribution in [1.29, 1.82) is 0 Å². The molecule has 2 aromatic rings. The maximum Gasteiger partial charge on any atom is 0.249 e. The molecule has 0 aliphatic carbocycles. The molecule has 1 aromatic heterocycles. The summed E-state index contributed by atoms with van der Waals surface area (Å²) in [4.78, 5) is 30.6. The Morgan fingerprint density at radius 1 is 1.27 bits per heavy atom. The number of rotatable bonds is 7. The first-order valence-corrected chi connectivity index (χ1v) is 11.5. The fourth-order valence-corrected chi connectivity index (χ4v) is 5.22. The van der Waals surface area contributed by atoms with Crippen LogP contribution in [0, 0.1) is 5.92 Å². The van der Waals surface area contributed by atoms with Gasteiger partial charge in [-0.25, -0.2) is 0 Å². The summed E-state index contributed by atoms with van der Waals surface area (Å²) in [6.45, 7) is 5.09. The predicted molar refractivity (Wildman–Crippen MR) is 121 cm³/mol. The molecule has 0 fully saturated rings. The Balaban J connectivity index is 1.92. The van der Waals surface area contributed by atoms with E-state index in [0.29, 0.717) is 23.1 Å². The molecule has 0 saturated carbocycles. The van der Waals surface area contributed by atoms with Gasteiger partial charge in [0, 0.05) is 35.1 Å². The Labute approximate surface area is 191 Å². The number of hydrogen-bond acceptors (Lipinski definition) is 4. The smallest absolute Gasteiger partial charge is 0.249 e. The molecule has 0 N–H and O–H groups in total. The van der Waals surface area contributed by atoms with Crippen LogP contribution in [0.2, 0.25) is 10.0 Å². The van der Waals surface area contributed by atoms with Crippen LogP contribution < -0.4 is 0 Å². The van der Waals surface area contributed by atoms with Gasteiger partial charge in [-0.3, -0.25) is 9.59 Å². The average molecular weight is 469 g/mol. The molecule has 1 unspecified atom stereocenters. The molecule has 30 heavy (non-hydrogen) atoms. The minimum absolute atomic E-state index is 0.0154. The minimum Gasteiger partial charge on any atom is -0.375 e. The van der Waals surface area contributed by atoms with Crippen LogP contribution in [0.4, 0.5) is 0 Å². The van der Waals surface area contributed by atoms with Gasteiger partial charge in [0.15, 0.2) is 0 Å². The summed E-state index contributed by atoms with van der Waals surface area (Å²) in [7, 11) is 1.48. The summed E-state index contributed by atoms with van der Waals surface area (Å²) < 4.78 is 5.00. The number of methoxy groups -OCH3 is 1. The number of amides is 2. The number of carbonyl (C=O) groups is 2. The lowest BCUT2D eigenvalue weighted by molar-refractivity contribution is -0.144. The van der Waals surface area contributed by atoms with Crippen molar-refractivity contribution in [1.82, 2.24) is 9.80 Å². The Morgan fingerprint density at radius 3 is 2.70 bits per heavy atom. The maximum atomic E-state index is 13.4. The van der Waals surface area contributed by atoms with Gasteiger partial charge in [-0.2, -0.15) is 0 Å². The van der Waals surface area contributed by atoms with Gasteiger partial charge in [0.05, 0.1) is 12.6 Å². The third-order valence-corrected chi connectivity index (χ3v) is 6.63. The van der Waals surface area contributed by atoms with Crippen LogP contribution in [0.25, 0.3) is 0 Å². The Morgan fingerprint density at radius 2 is 2.03 bits per heavy atom. The minimum atomic E-state index is -0.296. The number of thiophene rings is 1. The molecular formula is C22H26Cl2N2O3S. The topological polar surface area (TPSA) is 49.9 Å². The highest BCUT2D eigenvalue weighted by Gasteiger charge is 2.35. The van der Waals surface area contributed by atoms with E-state index >= 15 is 0 Å². The van der Waals surface area contributed by atoms with E-state index in [2.05, 4.69) is 6.07 Å². The van der Waals surface area contributed by atoms with Crippen molar-refractivity contribution in [2.45, 2.75) is 26.3 Å². The van der Waals surface area contributed by atoms with Crippen LogP contribution in [-0.4, -0.2) is 55.0 Å². The number of ether oxygens (including phenoxy) is 1. The van der Waals surface area contributed by atoms with Crippen LogP contribution >= 0.6 is 34.5 Å². The first-order chi connectivity index (χ1) is 14.3. The fraction of sp³-hybridized carbons (Fsp3) is 0.455. The molecular weight excluding hydrogens is 443 g/mol. The third-order valence-electron chi connectivity index (χ3n) is 5.08. The number of halogens is 2. The molecule has 2 heterocycles. The molecule has 162 valence electrons. The lowest BCUT2D eigenvalue weighted by Gasteiger charge is -2.38. The molecule has 0 bridgehead atoms. The van der Waals surface area contributed by atoms with E-state index in [1.54, 1.807) is 28.4 Å². The van der Waals surface area contributed by atoms with E-state index in [0.717, 1.165) is 17.5 Å². The molecule has 3 rings (SSSR count). The Kier molecular flexibility index (Phi) is 7.80. The van der Waals surface area contributed by atoms with E-state index in [9.17, 15) is 9.59 Å². The molecule has 1 aliphatic rings. The molecule has 1 aliphatic heterocycles. The van der Waals surface area contributed by atoms with Gasteiger partial charge in [0.1, 0.15) is 6.61 Å². The molecule has 8 heteroatoms. The zero-order chi connectivity index (χ0) is 21.8. The van der Waals surface area contributed by atoms with Crippen LogP contribution in [0.15, 0.2) is 29.6 Å². The van der Waals surface area contributed by atoms with E-state index in [4.69, 9.17) is 27.9 Å². The van der Waals surface area contributed by atoms with Gasteiger partial charge < -0.3 is 14.5 Å². The first kappa shape index (κ1) is 23.1. The third kappa shape index (κ3) is 5.17. The fourth-order valence-electron chi connectivity index (χ4n) is 3.81. The zero-order valence-electron chi connectivity index (χ0n) is 17.4. The number of hydrogen-bond donors (Lipinski definition) is 0. The Hall–Kier alpha value is -1.60. The second kappa shape index (κ2) is 10.1. The van der Waals surface area contributed by atoms with Gasteiger partial charge >= 0.3 is 0 Å². The van der Waals surface area contributed by atoms with Crippen LogP contribution in [-0.2, 0) is 20.7 Å². The summed E-state index contributed by atoms with van der Waals surface area (Å²) in [5.41, 5.74) is 1.93.